The molecule has 4 rings (SSSR count). The zero-order valence-electron chi connectivity index (χ0n) is 21.6. The standard InChI is InChI=1S/C30H32N4O3S/c1-21(2)16-17-31-28(36)24-14-12-23(13-15-24)19-34-29(37)25-10-6-7-11-26(25)33-30(34)38-20-27(35)32-18-22-8-4-3-5-9-22/h3-15,21H,16-20H2,1-2H3,(H,31,36)(H,32,35). The number of hydrogen-bond acceptors (Lipinski definition) is 5. The number of carbonyl (C=O) groups is 2. The first-order valence-corrected chi connectivity index (χ1v) is 13.7. The van der Waals surface area contributed by atoms with E-state index < -0.39 is 0 Å². The Kier molecular flexibility index (Phi) is 9.32. The molecule has 1 aromatic heterocycles. The van der Waals surface area contributed by atoms with Gasteiger partial charge in [-0.3, -0.25) is 19.0 Å². The lowest BCUT2D eigenvalue weighted by Gasteiger charge is -2.14. The second kappa shape index (κ2) is 13.1. The maximum Gasteiger partial charge on any atom is 0.262 e. The quantitative estimate of drug-likeness (QED) is 0.219. The van der Waals surface area contributed by atoms with Crippen molar-refractivity contribution in [3.63, 3.8) is 0 Å². The molecule has 0 bridgehead atoms. The van der Waals surface area contributed by atoms with E-state index in [9.17, 15) is 14.4 Å². The minimum Gasteiger partial charge on any atom is -0.352 e. The van der Waals surface area contributed by atoms with Gasteiger partial charge in [-0.25, -0.2) is 4.98 Å². The van der Waals surface area contributed by atoms with Crippen LogP contribution in [0.2, 0.25) is 0 Å². The van der Waals surface area contributed by atoms with Crippen molar-refractivity contribution in [2.24, 2.45) is 5.92 Å². The second-order valence-corrected chi connectivity index (χ2v) is 10.4. The highest BCUT2D eigenvalue weighted by atomic mass is 32.2. The van der Waals surface area contributed by atoms with Gasteiger partial charge in [0, 0.05) is 18.7 Å². The van der Waals surface area contributed by atoms with E-state index in [0.717, 1.165) is 17.5 Å². The fourth-order valence-electron chi connectivity index (χ4n) is 3.90. The van der Waals surface area contributed by atoms with Crippen molar-refractivity contribution in [2.45, 2.75) is 38.5 Å². The molecule has 3 aromatic carbocycles. The van der Waals surface area contributed by atoms with E-state index in [1.165, 1.54) is 11.8 Å². The van der Waals surface area contributed by atoms with E-state index in [-0.39, 0.29) is 29.7 Å². The fraction of sp³-hybridized carbons (Fsp3) is 0.267. The summed E-state index contributed by atoms with van der Waals surface area (Å²) < 4.78 is 1.59. The lowest BCUT2D eigenvalue weighted by molar-refractivity contribution is -0.118. The van der Waals surface area contributed by atoms with E-state index in [0.29, 0.717) is 40.6 Å². The third kappa shape index (κ3) is 7.32. The van der Waals surface area contributed by atoms with Gasteiger partial charge in [0.25, 0.3) is 11.5 Å². The van der Waals surface area contributed by atoms with Crippen molar-refractivity contribution in [1.29, 1.82) is 0 Å². The molecule has 0 atom stereocenters. The van der Waals surface area contributed by atoms with Crippen molar-refractivity contribution < 1.29 is 9.59 Å². The van der Waals surface area contributed by atoms with Crippen molar-refractivity contribution in [3.05, 3.63) is 106 Å². The highest BCUT2D eigenvalue weighted by Gasteiger charge is 2.14. The largest absolute Gasteiger partial charge is 0.352 e. The third-order valence-electron chi connectivity index (χ3n) is 6.06. The molecule has 196 valence electrons. The van der Waals surface area contributed by atoms with Crippen LogP contribution in [0.3, 0.4) is 0 Å². The molecule has 8 heteroatoms. The summed E-state index contributed by atoms with van der Waals surface area (Å²) in [6.45, 7) is 5.59. The predicted octanol–water partition coefficient (Wildman–Crippen LogP) is 4.63. The van der Waals surface area contributed by atoms with Gasteiger partial charge in [-0.2, -0.15) is 0 Å². The molecule has 0 aliphatic heterocycles. The van der Waals surface area contributed by atoms with E-state index in [1.807, 2.05) is 54.6 Å². The van der Waals surface area contributed by atoms with E-state index in [1.54, 1.807) is 28.8 Å². The molecule has 38 heavy (non-hydrogen) atoms. The van der Waals surface area contributed by atoms with Crippen LogP contribution >= 0.6 is 11.8 Å². The van der Waals surface area contributed by atoms with Crippen LogP contribution in [0.25, 0.3) is 10.9 Å². The molecule has 2 N–H and O–H groups in total. The number of nitrogens with zero attached hydrogens (tertiary/aromatic N) is 2. The molecule has 7 nitrogen and oxygen atoms in total. The summed E-state index contributed by atoms with van der Waals surface area (Å²) in [4.78, 5) is 43.1. The van der Waals surface area contributed by atoms with Gasteiger partial charge in [-0.15, -0.1) is 0 Å². The van der Waals surface area contributed by atoms with Crippen LogP contribution in [0, 0.1) is 5.92 Å². The Labute approximate surface area is 226 Å². The summed E-state index contributed by atoms with van der Waals surface area (Å²) >= 11 is 1.23. The average molecular weight is 529 g/mol. The number of hydrogen-bond donors (Lipinski definition) is 2. The summed E-state index contributed by atoms with van der Waals surface area (Å²) in [6.07, 6.45) is 0.923. The molecule has 0 aliphatic carbocycles. The van der Waals surface area contributed by atoms with Crippen LogP contribution in [0.5, 0.6) is 0 Å². The Hall–Kier alpha value is -3.91. The number of benzene rings is 3. The topological polar surface area (TPSA) is 93.1 Å². The molecule has 1 heterocycles. The lowest BCUT2D eigenvalue weighted by Crippen LogP contribution is -2.27. The van der Waals surface area contributed by atoms with Crippen LogP contribution in [-0.2, 0) is 17.9 Å². The monoisotopic (exact) mass is 528 g/mol. The summed E-state index contributed by atoms with van der Waals surface area (Å²) in [5.41, 5.74) is 2.88. The molecule has 0 saturated heterocycles. The Balaban J connectivity index is 1.48. The first-order chi connectivity index (χ1) is 18.4. The Morgan fingerprint density at radius 1 is 0.895 bits per heavy atom. The summed E-state index contributed by atoms with van der Waals surface area (Å²) in [7, 11) is 0. The summed E-state index contributed by atoms with van der Waals surface area (Å²) in [5, 5.41) is 6.85. The molecule has 2 amide bonds. The zero-order chi connectivity index (χ0) is 26.9. The molecule has 0 saturated carbocycles. The minimum atomic E-state index is -0.168. The number of fused-ring (bicyclic) bond motifs is 1. The number of nitrogens with one attached hydrogen (secondary N) is 2. The number of carbonyl (C=O) groups excluding carboxylic acids is 2. The number of aromatic nitrogens is 2. The van der Waals surface area contributed by atoms with Crippen molar-refractivity contribution in [3.8, 4) is 0 Å². The average Bonchev–Trinajstić information content (AvgIpc) is 2.93. The molecule has 0 radical (unpaired) electrons. The van der Waals surface area contributed by atoms with Gasteiger partial charge in [-0.05, 0) is 47.7 Å². The zero-order valence-corrected chi connectivity index (χ0v) is 22.5. The van der Waals surface area contributed by atoms with Crippen LogP contribution in [0.1, 0.15) is 41.8 Å². The third-order valence-corrected chi connectivity index (χ3v) is 7.03. The fourth-order valence-corrected chi connectivity index (χ4v) is 4.72. The molecular formula is C30H32N4O3S. The van der Waals surface area contributed by atoms with E-state index in [4.69, 9.17) is 4.98 Å². The molecule has 0 fully saturated rings. The Bertz CT molecular complexity index is 1450. The molecular weight excluding hydrogens is 496 g/mol. The lowest BCUT2D eigenvalue weighted by atomic mass is 10.1. The highest BCUT2D eigenvalue weighted by molar-refractivity contribution is 7.99. The first kappa shape index (κ1) is 27.1. The Morgan fingerprint density at radius 3 is 2.34 bits per heavy atom. The second-order valence-electron chi connectivity index (χ2n) is 9.49. The van der Waals surface area contributed by atoms with Gasteiger partial charge in [0.15, 0.2) is 5.16 Å². The minimum absolute atomic E-state index is 0.112. The molecule has 4 aromatic rings. The van der Waals surface area contributed by atoms with E-state index >= 15 is 0 Å². The van der Waals surface area contributed by atoms with Crippen LogP contribution in [-0.4, -0.2) is 33.7 Å². The maximum absolute atomic E-state index is 13.4. The first-order valence-electron chi connectivity index (χ1n) is 12.7. The Morgan fingerprint density at radius 2 is 1.61 bits per heavy atom. The van der Waals surface area contributed by atoms with Crippen molar-refractivity contribution >= 4 is 34.5 Å². The van der Waals surface area contributed by atoms with Crippen molar-refractivity contribution in [1.82, 2.24) is 20.2 Å². The predicted molar refractivity (Wildman–Crippen MR) is 152 cm³/mol. The van der Waals surface area contributed by atoms with Gasteiger partial charge in [0.05, 0.1) is 23.2 Å². The van der Waals surface area contributed by atoms with Crippen LogP contribution in [0.15, 0.2) is 88.8 Å². The van der Waals surface area contributed by atoms with Crippen LogP contribution < -0.4 is 16.2 Å². The molecule has 0 unspecified atom stereocenters. The SMILES string of the molecule is CC(C)CCNC(=O)c1ccc(Cn2c(SCC(=O)NCc3ccccc3)nc3ccccc3c2=O)cc1. The maximum atomic E-state index is 13.4. The number of para-hydroxylation sites is 1. The molecule has 0 aliphatic rings. The highest BCUT2D eigenvalue weighted by Crippen LogP contribution is 2.19. The van der Waals surface area contributed by atoms with Gasteiger partial charge >= 0.3 is 0 Å². The number of rotatable bonds is 11. The van der Waals surface area contributed by atoms with Gasteiger partial charge in [-0.1, -0.05) is 80.2 Å². The molecule has 0 spiro atoms. The number of amides is 2. The van der Waals surface area contributed by atoms with Crippen LogP contribution in [0.4, 0.5) is 0 Å². The van der Waals surface area contributed by atoms with Gasteiger partial charge in [0.1, 0.15) is 0 Å². The summed E-state index contributed by atoms with van der Waals surface area (Å²) in [6, 6.07) is 24.1. The normalized spacial score (nSPS) is 11.0. The smallest absolute Gasteiger partial charge is 0.262 e. The van der Waals surface area contributed by atoms with Gasteiger partial charge < -0.3 is 10.6 Å². The van der Waals surface area contributed by atoms with Gasteiger partial charge in [0.2, 0.25) is 5.91 Å². The van der Waals surface area contributed by atoms with E-state index in [2.05, 4.69) is 24.5 Å². The number of thioether (sulfide) groups is 1. The van der Waals surface area contributed by atoms with Crippen molar-refractivity contribution in [2.75, 3.05) is 12.3 Å². The summed E-state index contributed by atoms with van der Waals surface area (Å²) in [5.74, 6) is 0.404.